The third-order valence-corrected chi connectivity index (χ3v) is 12.2. The second kappa shape index (κ2) is 16.7. The number of benzene rings is 3. The molecule has 0 spiro atoms. The van der Waals surface area contributed by atoms with Gasteiger partial charge in [0.25, 0.3) is 0 Å². The van der Waals surface area contributed by atoms with E-state index in [-0.39, 0.29) is 29.9 Å². The van der Waals surface area contributed by atoms with Gasteiger partial charge in [-0.2, -0.15) is 0 Å². The standard InChI is InChI=1S/C43H55N5O5/c1-2-9-35-25-44-40(50)41(51)47(35)28-36-14-8-21-45(36)27-37(24-32-15-18-33-12-6-7-13-34(33)22-32)48-29-38(23-30-16-19-39(49)20-17-30)46(42(52)43(48)53)26-31-10-4-3-5-11-31/h6-7,12-13,15-20,22,31,35-38,49H,2-5,8-11,14,21,23-29H2,1H3,(H,44,50)/t35-,36-,37+,38+/m0/s1. The molecule has 4 amide bonds. The summed E-state index contributed by atoms with van der Waals surface area (Å²) in [5.74, 6) is -1.25. The first-order valence-corrected chi connectivity index (χ1v) is 20.0. The third kappa shape index (κ3) is 8.53. The van der Waals surface area contributed by atoms with Gasteiger partial charge in [0.05, 0.1) is 6.04 Å². The highest BCUT2D eigenvalue weighted by Gasteiger charge is 2.44. The predicted octanol–water partition coefficient (Wildman–Crippen LogP) is 4.91. The number of nitrogens with zero attached hydrogens (tertiary/aromatic N) is 4. The fourth-order valence-electron chi connectivity index (χ4n) is 9.36. The Labute approximate surface area is 313 Å². The molecule has 4 fully saturated rings. The van der Waals surface area contributed by atoms with Gasteiger partial charge in [0.15, 0.2) is 0 Å². The number of phenolic OH excluding ortho intramolecular Hbond substituents is 1. The molecule has 3 heterocycles. The van der Waals surface area contributed by atoms with Crippen LogP contribution in [0.4, 0.5) is 0 Å². The lowest BCUT2D eigenvalue weighted by atomic mass is 9.87. The SMILES string of the molecule is CCC[C@H]1CNC(=O)C(=O)N1C[C@@H]1CCCN1C[C@@H](Cc1ccc2ccccc2c1)N1C[C@@H](Cc2ccc(O)cc2)N(CC2CCCCC2)C(=O)C1=O. The first kappa shape index (κ1) is 36.9. The monoisotopic (exact) mass is 721 g/mol. The highest BCUT2D eigenvalue weighted by Crippen LogP contribution is 2.30. The summed E-state index contributed by atoms with van der Waals surface area (Å²) in [5, 5.41) is 15.1. The Kier molecular flexibility index (Phi) is 11.6. The molecule has 10 heteroatoms. The lowest BCUT2D eigenvalue weighted by Gasteiger charge is -2.46. The second-order valence-electron chi connectivity index (χ2n) is 15.9. The van der Waals surface area contributed by atoms with E-state index in [0.717, 1.165) is 79.8 Å². The summed E-state index contributed by atoms with van der Waals surface area (Å²) in [5.41, 5.74) is 2.13. The van der Waals surface area contributed by atoms with Crippen LogP contribution in [0.2, 0.25) is 0 Å². The van der Waals surface area contributed by atoms with Gasteiger partial charge in [-0.15, -0.1) is 0 Å². The van der Waals surface area contributed by atoms with Crippen molar-refractivity contribution in [2.75, 3.05) is 39.3 Å². The first-order chi connectivity index (χ1) is 25.8. The number of hydrogen-bond donors (Lipinski definition) is 2. The van der Waals surface area contributed by atoms with Crippen LogP contribution < -0.4 is 5.32 Å². The number of phenols is 1. The van der Waals surface area contributed by atoms with E-state index in [1.165, 1.54) is 6.42 Å². The van der Waals surface area contributed by atoms with Crippen LogP contribution in [0.15, 0.2) is 66.7 Å². The first-order valence-electron chi connectivity index (χ1n) is 20.0. The summed E-state index contributed by atoms with van der Waals surface area (Å²) >= 11 is 0. The Hall–Kier alpha value is -4.44. The second-order valence-corrected chi connectivity index (χ2v) is 15.9. The molecule has 4 aliphatic rings. The molecular formula is C43H55N5O5. The molecule has 1 saturated carbocycles. The van der Waals surface area contributed by atoms with Gasteiger partial charge in [0, 0.05) is 50.8 Å². The lowest BCUT2D eigenvalue weighted by molar-refractivity contribution is -0.162. The normalized spacial score (nSPS) is 23.9. The minimum atomic E-state index is -0.536. The number of rotatable bonds is 13. The number of piperazine rings is 2. The molecule has 4 atom stereocenters. The van der Waals surface area contributed by atoms with Crippen LogP contribution in [-0.2, 0) is 32.0 Å². The number of likely N-dealkylation sites (tertiary alicyclic amines) is 1. The van der Waals surface area contributed by atoms with Gasteiger partial charge >= 0.3 is 23.6 Å². The van der Waals surface area contributed by atoms with E-state index in [1.807, 2.05) is 34.1 Å². The maximum Gasteiger partial charge on any atom is 0.312 e. The number of carbonyl (C=O) groups is 4. The molecule has 7 rings (SSSR count). The highest BCUT2D eigenvalue weighted by atomic mass is 16.3. The van der Waals surface area contributed by atoms with Crippen LogP contribution in [0.25, 0.3) is 10.8 Å². The molecule has 3 saturated heterocycles. The molecule has 2 N–H and O–H groups in total. The predicted molar refractivity (Wildman–Crippen MR) is 205 cm³/mol. The van der Waals surface area contributed by atoms with Gasteiger partial charge in [0.2, 0.25) is 0 Å². The fraction of sp³-hybridized carbons (Fsp3) is 0.535. The summed E-state index contributed by atoms with van der Waals surface area (Å²) in [7, 11) is 0. The van der Waals surface area contributed by atoms with E-state index in [4.69, 9.17) is 0 Å². The minimum absolute atomic E-state index is 0.0295. The molecule has 1 aliphatic carbocycles. The maximum atomic E-state index is 14.4. The molecular weight excluding hydrogens is 667 g/mol. The fourth-order valence-corrected chi connectivity index (χ4v) is 9.36. The van der Waals surface area contributed by atoms with Gasteiger partial charge in [-0.1, -0.05) is 87.2 Å². The van der Waals surface area contributed by atoms with Gasteiger partial charge < -0.3 is 25.1 Å². The summed E-state index contributed by atoms with van der Waals surface area (Å²) in [6.45, 7) is 5.47. The van der Waals surface area contributed by atoms with Crippen molar-refractivity contribution in [3.63, 3.8) is 0 Å². The number of hydrogen-bond acceptors (Lipinski definition) is 6. The Bertz CT molecular complexity index is 1770. The smallest absolute Gasteiger partial charge is 0.312 e. The average Bonchev–Trinajstić information content (AvgIpc) is 3.61. The van der Waals surface area contributed by atoms with Gasteiger partial charge in [-0.3, -0.25) is 24.1 Å². The van der Waals surface area contributed by atoms with E-state index in [9.17, 15) is 24.3 Å². The van der Waals surface area contributed by atoms with Gasteiger partial charge in [-0.05, 0) is 91.4 Å². The van der Waals surface area contributed by atoms with Crippen molar-refractivity contribution >= 4 is 34.4 Å². The lowest BCUT2D eigenvalue weighted by Crippen LogP contribution is -2.65. The third-order valence-electron chi connectivity index (χ3n) is 12.2. The molecule has 10 nitrogen and oxygen atoms in total. The molecule has 53 heavy (non-hydrogen) atoms. The molecule has 3 aliphatic heterocycles. The average molecular weight is 722 g/mol. The summed E-state index contributed by atoms with van der Waals surface area (Å²) in [4.78, 5) is 62.3. The topological polar surface area (TPSA) is 114 Å². The minimum Gasteiger partial charge on any atom is -0.508 e. The molecule has 0 bridgehead atoms. The molecule has 3 aromatic rings. The zero-order valence-electron chi connectivity index (χ0n) is 31.1. The Morgan fingerprint density at radius 3 is 2.26 bits per heavy atom. The van der Waals surface area contributed by atoms with Crippen molar-refractivity contribution in [1.29, 1.82) is 0 Å². The number of fused-ring (bicyclic) bond motifs is 1. The summed E-state index contributed by atoms with van der Waals surface area (Å²) in [6.07, 6.45) is 10.5. The van der Waals surface area contributed by atoms with E-state index >= 15 is 0 Å². The van der Waals surface area contributed by atoms with Crippen molar-refractivity contribution in [3.05, 3.63) is 77.9 Å². The van der Waals surface area contributed by atoms with Crippen LogP contribution in [0, 0.1) is 5.92 Å². The number of carbonyl (C=O) groups excluding carboxylic acids is 4. The summed E-state index contributed by atoms with van der Waals surface area (Å²) in [6, 6.07) is 21.5. The van der Waals surface area contributed by atoms with Gasteiger partial charge in [-0.25, -0.2) is 0 Å². The quantitative estimate of drug-likeness (QED) is 0.243. The largest absolute Gasteiger partial charge is 0.508 e. The Morgan fingerprint density at radius 2 is 1.49 bits per heavy atom. The molecule has 282 valence electrons. The van der Waals surface area contributed by atoms with Gasteiger partial charge in [0.1, 0.15) is 5.75 Å². The number of aromatic hydroxyl groups is 1. The molecule has 0 unspecified atom stereocenters. The molecule has 0 aromatic heterocycles. The zero-order chi connectivity index (χ0) is 36.9. The zero-order valence-corrected chi connectivity index (χ0v) is 31.1. The van der Waals surface area contributed by atoms with E-state index < -0.39 is 23.6 Å². The van der Waals surface area contributed by atoms with Crippen molar-refractivity contribution in [2.24, 2.45) is 5.92 Å². The van der Waals surface area contributed by atoms with Crippen LogP contribution in [0.5, 0.6) is 5.75 Å². The van der Waals surface area contributed by atoms with E-state index in [2.05, 4.69) is 47.5 Å². The highest BCUT2D eigenvalue weighted by molar-refractivity contribution is 6.36. The van der Waals surface area contributed by atoms with Crippen molar-refractivity contribution in [3.8, 4) is 5.75 Å². The van der Waals surface area contributed by atoms with Crippen molar-refractivity contribution in [1.82, 2.24) is 24.9 Å². The van der Waals surface area contributed by atoms with E-state index in [1.54, 1.807) is 17.0 Å². The summed E-state index contributed by atoms with van der Waals surface area (Å²) < 4.78 is 0. The van der Waals surface area contributed by atoms with Crippen LogP contribution >= 0.6 is 0 Å². The maximum absolute atomic E-state index is 14.4. The van der Waals surface area contributed by atoms with Crippen LogP contribution in [0.1, 0.15) is 75.8 Å². The number of amides is 4. The molecule has 3 aromatic carbocycles. The Morgan fingerprint density at radius 1 is 0.755 bits per heavy atom. The van der Waals surface area contributed by atoms with Crippen molar-refractivity contribution in [2.45, 2.75) is 102 Å². The van der Waals surface area contributed by atoms with Crippen LogP contribution in [-0.4, -0.2) is 112 Å². The van der Waals surface area contributed by atoms with Crippen LogP contribution in [0.3, 0.4) is 0 Å². The number of nitrogens with one attached hydrogen (secondary N) is 1. The van der Waals surface area contributed by atoms with E-state index in [0.29, 0.717) is 51.5 Å². The Balaban J connectivity index is 1.18. The molecule has 0 radical (unpaired) electrons. The van der Waals surface area contributed by atoms with Crippen molar-refractivity contribution < 1.29 is 24.3 Å².